The number of Topliss-reactive ketones (excluding diaryl/α,β-unsaturated/α-hetero) is 1. The van der Waals surface area contributed by atoms with Gasteiger partial charge in [0, 0.05) is 13.3 Å². The molecular formula is C14H13NO2S. The summed E-state index contributed by atoms with van der Waals surface area (Å²) < 4.78 is 5.88. The minimum atomic E-state index is -0.0424. The van der Waals surface area contributed by atoms with E-state index in [9.17, 15) is 4.79 Å². The summed E-state index contributed by atoms with van der Waals surface area (Å²) >= 11 is 1.45. The van der Waals surface area contributed by atoms with E-state index < -0.39 is 0 Å². The quantitative estimate of drug-likeness (QED) is 0.776. The van der Waals surface area contributed by atoms with Gasteiger partial charge in [-0.1, -0.05) is 18.2 Å². The van der Waals surface area contributed by atoms with Crippen molar-refractivity contribution in [2.24, 2.45) is 0 Å². The molecule has 3 nitrogen and oxygen atoms in total. The van der Waals surface area contributed by atoms with Gasteiger partial charge in [0.2, 0.25) is 0 Å². The third-order valence-electron chi connectivity index (χ3n) is 3.06. The van der Waals surface area contributed by atoms with E-state index in [2.05, 4.69) is 11.1 Å². The van der Waals surface area contributed by atoms with Crippen LogP contribution in [0.2, 0.25) is 0 Å². The molecule has 18 heavy (non-hydrogen) atoms. The van der Waals surface area contributed by atoms with Crippen LogP contribution in [0, 0.1) is 6.92 Å². The second kappa shape index (κ2) is 4.21. The van der Waals surface area contributed by atoms with E-state index >= 15 is 0 Å². The van der Waals surface area contributed by atoms with Gasteiger partial charge in [0.1, 0.15) is 10.8 Å². The molecule has 1 unspecified atom stereocenters. The number of hydrogen-bond donors (Lipinski definition) is 0. The Balaban J connectivity index is 1.91. The number of fused-ring (bicyclic) bond motifs is 1. The summed E-state index contributed by atoms with van der Waals surface area (Å²) in [6.07, 6.45) is 0.791. The highest BCUT2D eigenvalue weighted by Gasteiger charge is 2.27. The van der Waals surface area contributed by atoms with Crippen molar-refractivity contribution in [2.45, 2.75) is 26.4 Å². The van der Waals surface area contributed by atoms with Crippen LogP contribution in [0.3, 0.4) is 0 Å². The van der Waals surface area contributed by atoms with Gasteiger partial charge in [-0.15, -0.1) is 11.3 Å². The predicted molar refractivity (Wildman–Crippen MR) is 70.4 cm³/mol. The topological polar surface area (TPSA) is 39.2 Å². The van der Waals surface area contributed by atoms with Crippen LogP contribution in [0.5, 0.6) is 5.75 Å². The van der Waals surface area contributed by atoms with E-state index in [0.29, 0.717) is 0 Å². The molecule has 0 spiro atoms. The molecule has 1 aliphatic heterocycles. The SMILES string of the molecule is CC(=O)c1sc(C2Cc3ccccc3O2)nc1C. The molecule has 0 aliphatic carbocycles. The van der Waals surface area contributed by atoms with Gasteiger partial charge >= 0.3 is 0 Å². The van der Waals surface area contributed by atoms with Gasteiger partial charge in [0.05, 0.1) is 10.6 Å². The molecular weight excluding hydrogens is 246 g/mol. The number of carbonyl (C=O) groups is 1. The molecule has 92 valence electrons. The third kappa shape index (κ3) is 1.82. The number of ketones is 1. The molecule has 2 heterocycles. The zero-order chi connectivity index (χ0) is 12.7. The second-order valence-electron chi connectivity index (χ2n) is 4.44. The van der Waals surface area contributed by atoms with Gasteiger partial charge < -0.3 is 4.74 Å². The predicted octanol–water partition coefficient (Wildman–Crippen LogP) is 3.33. The van der Waals surface area contributed by atoms with Gasteiger partial charge in [-0.2, -0.15) is 0 Å². The van der Waals surface area contributed by atoms with Gasteiger partial charge in [0.25, 0.3) is 0 Å². The Morgan fingerprint density at radius 2 is 2.22 bits per heavy atom. The lowest BCUT2D eigenvalue weighted by Crippen LogP contribution is -2.02. The van der Waals surface area contributed by atoms with Gasteiger partial charge in [-0.05, 0) is 18.6 Å². The van der Waals surface area contributed by atoms with E-state index in [-0.39, 0.29) is 11.9 Å². The summed E-state index contributed by atoms with van der Waals surface area (Å²) in [5.74, 6) is 1.01. The summed E-state index contributed by atoms with van der Waals surface area (Å²) in [4.78, 5) is 16.7. The molecule has 2 aromatic rings. The first-order chi connectivity index (χ1) is 8.65. The molecule has 0 fully saturated rings. The first kappa shape index (κ1) is 11.4. The number of para-hydroxylation sites is 1. The molecule has 0 saturated heterocycles. The maximum Gasteiger partial charge on any atom is 0.171 e. The fourth-order valence-electron chi connectivity index (χ4n) is 2.20. The number of aromatic nitrogens is 1. The van der Waals surface area contributed by atoms with Crippen molar-refractivity contribution in [3.8, 4) is 5.75 Å². The van der Waals surface area contributed by atoms with E-state index in [1.165, 1.54) is 16.9 Å². The molecule has 1 aromatic heterocycles. The second-order valence-corrected chi connectivity index (χ2v) is 5.47. The zero-order valence-electron chi connectivity index (χ0n) is 10.3. The van der Waals surface area contributed by atoms with E-state index in [1.807, 2.05) is 25.1 Å². The number of rotatable bonds is 2. The molecule has 0 bridgehead atoms. The van der Waals surface area contributed by atoms with Crippen molar-refractivity contribution in [3.63, 3.8) is 0 Å². The maximum absolute atomic E-state index is 11.4. The van der Waals surface area contributed by atoms with Crippen LogP contribution in [0.25, 0.3) is 0 Å². The number of benzene rings is 1. The first-order valence-electron chi connectivity index (χ1n) is 5.88. The lowest BCUT2D eigenvalue weighted by Gasteiger charge is -2.06. The molecule has 0 amide bonds. The Labute approximate surface area is 109 Å². The number of aryl methyl sites for hydroxylation is 1. The molecule has 3 rings (SSSR count). The normalized spacial score (nSPS) is 17.3. The average Bonchev–Trinajstić information content (AvgIpc) is 2.91. The lowest BCUT2D eigenvalue weighted by atomic mass is 10.1. The Kier molecular flexibility index (Phi) is 2.67. The summed E-state index contributed by atoms with van der Waals surface area (Å²) in [5.41, 5.74) is 2.02. The minimum Gasteiger partial charge on any atom is -0.483 e. The smallest absolute Gasteiger partial charge is 0.171 e. The Morgan fingerprint density at radius 3 is 2.89 bits per heavy atom. The van der Waals surface area contributed by atoms with Crippen LogP contribution < -0.4 is 4.74 Å². The summed E-state index contributed by atoms with van der Waals surface area (Å²) in [5, 5.41) is 0.897. The molecule has 0 N–H and O–H groups in total. The summed E-state index contributed by atoms with van der Waals surface area (Å²) in [6.45, 7) is 3.45. The lowest BCUT2D eigenvalue weighted by molar-refractivity contribution is 0.102. The fraction of sp³-hybridized carbons (Fsp3) is 0.286. The van der Waals surface area contributed by atoms with E-state index in [0.717, 1.165) is 27.7 Å². The highest BCUT2D eigenvalue weighted by molar-refractivity contribution is 7.13. The van der Waals surface area contributed by atoms with Crippen LogP contribution in [0.1, 0.15) is 39.0 Å². The highest BCUT2D eigenvalue weighted by atomic mass is 32.1. The van der Waals surface area contributed by atoms with Crippen LogP contribution in [0.15, 0.2) is 24.3 Å². The van der Waals surface area contributed by atoms with Gasteiger partial charge in [0.15, 0.2) is 11.9 Å². The molecule has 0 saturated carbocycles. The first-order valence-corrected chi connectivity index (χ1v) is 6.69. The standard InChI is InChI=1S/C14H13NO2S/c1-8-13(9(2)16)18-14(15-8)12-7-10-5-3-4-6-11(10)17-12/h3-6,12H,7H2,1-2H3. The minimum absolute atomic E-state index is 0.0424. The number of carbonyl (C=O) groups excluding carboxylic acids is 1. The summed E-state index contributed by atoms with van der Waals surface area (Å²) in [6, 6.07) is 8.03. The number of ether oxygens (including phenoxy) is 1. The molecule has 1 aromatic carbocycles. The number of nitrogens with zero attached hydrogens (tertiary/aromatic N) is 1. The van der Waals surface area contributed by atoms with Crippen LogP contribution >= 0.6 is 11.3 Å². The Bertz CT molecular complexity index is 593. The maximum atomic E-state index is 11.4. The van der Waals surface area contributed by atoms with Crippen molar-refractivity contribution in [2.75, 3.05) is 0 Å². The molecule has 4 heteroatoms. The van der Waals surface area contributed by atoms with Crippen molar-refractivity contribution in [1.29, 1.82) is 0 Å². The third-order valence-corrected chi connectivity index (χ3v) is 4.41. The molecule has 1 aliphatic rings. The number of hydrogen-bond acceptors (Lipinski definition) is 4. The van der Waals surface area contributed by atoms with E-state index in [4.69, 9.17) is 4.74 Å². The molecule has 1 atom stereocenters. The zero-order valence-corrected chi connectivity index (χ0v) is 11.1. The Hall–Kier alpha value is -1.68. The van der Waals surface area contributed by atoms with Crippen molar-refractivity contribution in [3.05, 3.63) is 45.4 Å². The monoisotopic (exact) mass is 259 g/mol. The van der Waals surface area contributed by atoms with Crippen molar-refractivity contribution in [1.82, 2.24) is 4.98 Å². The average molecular weight is 259 g/mol. The van der Waals surface area contributed by atoms with Crippen LogP contribution in [-0.2, 0) is 6.42 Å². The Morgan fingerprint density at radius 1 is 1.44 bits per heavy atom. The van der Waals surface area contributed by atoms with Gasteiger partial charge in [-0.25, -0.2) is 4.98 Å². The summed E-state index contributed by atoms with van der Waals surface area (Å²) in [7, 11) is 0. The van der Waals surface area contributed by atoms with Crippen LogP contribution in [-0.4, -0.2) is 10.8 Å². The molecule has 0 radical (unpaired) electrons. The highest BCUT2D eigenvalue weighted by Crippen LogP contribution is 2.38. The largest absolute Gasteiger partial charge is 0.483 e. The van der Waals surface area contributed by atoms with Gasteiger partial charge in [-0.3, -0.25) is 4.79 Å². The number of thiazole rings is 1. The van der Waals surface area contributed by atoms with Crippen molar-refractivity contribution >= 4 is 17.1 Å². The van der Waals surface area contributed by atoms with E-state index in [1.54, 1.807) is 6.92 Å². The fourth-order valence-corrected chi connectivity index (χ4v) is 3.19. The van der Waals surface area contributed by atoms with Crippen molar-refractivity contribution < 1.29 is 9.53 Å². The van der Waals surface area contributed by atoms with Crippen LogP contribution in [0.4, 0.5) is 0 Å².